The quantitative estimate of drug-likeness (QED) is 0.469. The molecule has 0 radical (unpaired) electrons. The van der Waals surface area contributed by atoms with E-state index in [-0.39, 0.29) is 17.2 Å². The minimum absolute atomic E-state index is 0.0214. The second-order valence-corrected chi connectivity index (χ2v) is 12.1. The van der Waals surface area contributed by atoms with Crippen molar-refractivity contribution in [3.05, 3.63) is 95.7 Å². The van der Waals surface area contributed by atoms with E-state index in [0.29, 0.717) is 24.5 Å². The van der Waals surface area contributed by atoms with Crippen molar-refractivity contribution in [3.8, 4) is 0 Å². The zero-order valence-corrected chi connectivity index (χ0v) is 23.3. The molecule has 10 heteroatoms. The number of carbonyl (C=O) groups excluding carboxylic acids is 2. The Morgan fingerprint density at radius 2 is 1.62 bits per heavy atom. The summed E-state index contributed by atoms with van der Waals surface area (Å²) >= 11 is 0. The Labute approximate surface area is 234 Å². The SMILES string of the molecule is CC1(C)C(=O)/C(=C/c2cccc(N3CCOCC3)n2)CN(C(=O)NS(=O)(=O)c2ccccc2)C1c1ccccc1. The van der Waals surface area contributed by atoms with E-state index < -0.39 is 27.5 Å². The Balaban J connectivity index is 1.51. The van der Waals surface area contributed by atoms with Crippen LogP contribution in [0.1, 0.15) is 31.1 Å². The number of morpholine rings is 1. The molecule has 1 aromatic heterocycles. The van der Waals surface area contributed by atoms with Crippen molar-refractivity contribution in [2.45, 2.75) is 24.8 Å². The Morgan fingerprint density at radius 3 is 2.30 bits per heavy atom. The van der Waals surface area contributed by atoms with Crippen molar-refractivity contribution in [1.82, 2.24) is 14.6 Å². The first-order valence-corrected chi connectivity index (χ1v) is 14.6. The number of benzene rings is 2. The van der Waals surface area contributed by atoms with Gasteiger partial charge in [-0.3, -0.25) is 4.79 Å². The van der Waals surface area contributed by atoms with Gasteiger partial charge in [0.25, 0.3) is 10.0 Å². The number of carbonyl (C=O) groups is 2. The maximum Gasteiger partial charge on any atom is 0.332 e. The first-order valence-electron chi connectivity index (χ1n) is 13.2. The van der Waals surface area contributed by atoms with Gasteiger partial charge in [-0.05, 0) is 35.9 Å². The molecule has 3 aromatic rings. The lowest BCUT2D eigenvalue weighted by Gasteiger charge is -2.46. The lowest BCUT2D eigenvalue weighted by atomic mass is 9.71. The average Bonchev–Trinajstić information content (AvgIpc) is 2.96. The van der Waals surface area contributed by atoms with Crippen molar-refractivity contribution in [2.75, 3.05) is 37.7 Å². The number of likely N-dealkylation sites (tertiary alicyclic amines) is 1. The fourth-order valence-electron chi connectivity index (χ4n) is 5.31. The molecular weight excluding hydrogens is 528 g/mol. The fraction of sp³-hybridized carbons (Fsp3) is 0.300. The van der Waals surface area contributed by atoms with Gasteiger partial charge in [0.2, 0.25) is 0 Å². The lowest BCUT2D eigenvalue weighted by molar-refractivity contribution is -0.129. The number of urea groups is 1. The summed E-state index contributed by atoms with van der Waals surface area (Å²) in [4.78, 5) is 35.9. The highest BCUT2D eigenvalue weighted by Gasteiger charge is 2.49. The molecule has 2 aromatic carbocycles. The molecule has 208 valence electrons. The van der Waals surface area contributed by atoms with Gasteiger partial charge in [0.05, 0.1) is 41.8 Å². The molecule has 2 aliphatic rings. The first-order chi connectivity index (χ1) is 19.2. The van der Waals surface area contributed by atoms with Crippen molar-refractivity contribution in [3.63, 3.8) is 0 Å². The van der Waals surface area contributed by atoms with Gasteiger partial charge in [-0.1, -0.05) is 68.4 Å². The number of sulfonamides is 1. The van der Waals surface area contributed by atoms with E-state index in [0.717, 1.165) is 24.5 Å². The molecule has 5 rings (SSSR count). The van der Waals surface area contributed by atoms with E-state index >= 15 is 0 Å². The van der Waals surface area contributed by atoms with Crippen molar-refractivity contribution < 1.29 is 22.7 Å². The molecule has 1 atom stereocenters. The van der Waals surface area contributed by atoms with Crippen LogP contribution in [0.4, 0.5) is 10.6 Å². The van der Waals surface area contributed by atoms with Crippen molar-refractivity contribution in [2.24, 2.45) is 5.41 Å². The molecule has 3 heterocycles. The number of nitrogens with one attached hydrogen (secondary N) is 1. The smallest absolute Gasteiger partial charge is 0.332 e. The van der Waals surface area contributed by atoms with E-state index in [1.165, 1.54) is 17.0 Å². The molecule has 1 unspecified atom stereocenters. The molecule has 0 saturated carbocycles. The Kier molecular flexibility index (Phi) is 7.73. The number of anilines is 1. The molecule has 40 heavy (non-hydrogen) atoms. The molecule has 2 saturated heterocycles. The Morgan fingerprint density at radius 1 is 0.975 bits per heavy atom. The van der Waals surface area contributed by atoms with Crippen LogP contribution in [0.2, 0.25) is 0 Å². The van der Waals surface area contributed by atoms with Crippen LogP contribution in [0, 0.1) is 5.41 Å². The second kappa shape index (κ2) is 11.2. The molecule has 2 fully saturated rings. The molecule has 1 N–H and O–H groups in total. The standard InChI is InChI=1S/C30H32N4O5S/c1-30(2)27(22-10-5-3-6-11-22)34(29(36)32-40(37,38)25-13-7-4-8-14-25)21-23(28(30)35)20-24-12-9-15-26(31-24)33-16-18-39-19-17-33/h3-15,20,27H,16-19,21H2,1-2H3,(H,32,36)/b23-20+. The summed E-state index contributed by atoms with van der Waals surface area (Å²) < 4.78 is 33.8. The number of amides is 2. The zero-order valence-electron chi connectivity index (χ0n) is 22.5. The molecule has 9 nitrogen and oxygen atoms in total. The van der Waals surface area contributed by atoms with Crippen LogP contribution < -0.4 is 9.62 Å². The van der Waals surface area contributed by atoms with Crippen LogP contribution in [0.15, 0.2) is 89.3 Å². The van der Waals surface area contributed by atoms with Crippen molar-refractivity contribution >= 4 is 33.7 Å². The first kappa shape index (κ1) is 27.5. The van der Waals surface area contributed by atoms with Gasteiger partial charge in [0.15, 0.2) is 5.78 Å². The van der Waals surface area contributed by atoms with Gasteiger partial charge < -0.3 is 14.5 Å². The van der Waals surface area contributed by atoms with Crippen LogP contribution in [-0.2, 0) is 19.6 Å². The topological polar surface area (TPSA) is 109 Å². The third-order valence-electron chi connectivity index (χ3n) is 7.28. The number of Topliss-reactive ketones (excluding diaryl/α,β-unsaturated/α-hetero) is 1. The van der Waals surface area contributed by atoms with Crippen LogP contribution in [-0.4, -0.2) is 63.0 Å². The molecule has 2 amide bonds. The average molecular weight is 561 g/mol. The number of piperidine rings is 1. The number of rotatable bonds is 5. The van der Waals surface area contributed by atoms with E-state index in [1.54, 1.807) is 38.1 Å². The van der Waals surface area contributed by atoms with E-state index in [4.69, 9.17) is 9.72 Å². The van der Waals surface area contributed by atoms with Gasteiger partial charge >= 0.3 is 6.03 Å². The summed E-state index contributed by atoms with van der Waals surface area (Å²) in [5.74, 6) is 0.653. The largest absolute Gasteiger partial charge is 0.378 e. The maximum atomic E-state index is 13.9. The molecule has 2 aliphatic heterocycles. The number of pyridine rings is 1. The Bertz CT molecular complexity index is 1520. The summed E-state index contributed by atoms with van der Waals surface area (Å²) in [6.45, 7) is 6.17. The number of hydrogen-bond acceptors (Lipinski definition) is 7. The van der Waals surface area contributed by atoms with E-state index in [9.17, 15) is 18.0 Å². The number of ether oxygens (including phenoxy) is 1. The van der Waals surface area contributed by atoms with Gasteiger partial charge in [-0.2, -0.15) is 0 Å². The summed E-state index contributed by atoms with van der Waals surface area (Å²) in [5.41, 5.74) is 0.635. The minimum atomic E-state index is -4.13. The fourth-order valence-corrected chi connectivity index (χ4v) is 6.29. The number of hydrogen-bond donors (Lipinski definition) is 1. The number of nitrogens with zero attached hydrogens (tertiary/aromatic N) is 3. The highest BCUT2D eigenvalue weighted by molar-refractivity contribution is 7.90. The Hall–Kier alpha value is -4.02. The van der Waals surface area contributed by atoms with E-state index in [1.807, 2.05) is 48.5 Å². The molecule has 0 aliphatic carbocycles. The highest BCUT2D eigenvalue weighted by atomic mass is 32.2. The highest BCUT2D eigenvalue weighted by Crippen LogP contribution is 2.45. The zero-order chi connectivity index (χ0) is 28.3. The normalized spacial score (nSPS) is 20.4. The summed E-state index contributed by atoms with van der Waals surface area (Å²) in [7, 11) is -4.13. The summed E-state index contributed by atoms with van der Waals surface area (Å²) in [5, 5.41) is 0. The van der Waals surface area contributed by atoms with Crippen LogP contribution >= 0.6 is 0 Å². The summed E-state index contributed by atoms with van der Waals surface area (Å²) in [6, 6.07) is 21.0. The molecule has 0 spiro atoms. The number of aromatic nitrogens is 1. The predicted octanol–water partition coefficient (Wildman–Crippen LogP) is 4.05. The molecule has 0 bridgehead atoms. The maximum absolute atomic E-state index is 13.9. The third-order valence-corrected chi connectivity index (χ3v) is 8.61. The monoisotopic (exact) mass is 560 g/mol. The van der Waals surface area contributed by atoms with Crippen LogP contribution in [0.25, 0.3) is 6.08 Å². The van der Waals surface area contributed by atoms with Crippen LogP contribution in [0.5, 0.6) is 0 Å². The van der Waals surface area contributed by atoms with Gasteiger partial charge in [-0.15, -0.1) is 0 Å². The van der Waals surface area contributed by atoms with Gasteiger partial charge in [-0.25, -0.2) is 22.9 Å². The molecular formula is C30H32N4O5S. The van der Waals surface area contributed by atoms with Crippen LogP contribution in [0.3, 0.4) is 0 Å². The lowest BCUT2D eigenvalue weighted by Crippen LogP contribution is -2.55. The van der Waals surface area contributed by atoms with E-state index in [2.05, 4.69) is 9.62 Å². The summed E-state index contributed by atoms with van der Waals surface area (Å²) in [6.07, 6.45) is 1.70. The third kappa shape index (κ3) is 5.64. The predicted molar refractivity (Wildman–Crippen MR) is 152 cm³/mol. The van der Waals surface area contributed by atoms with Gasteiger partial charge in [0, 0.05) is 18.7 Å². The second-order valence-electron chi connectivity index (χ2n) is 10.4. The van der Waals surface area contributed by atoms with Crippen molar-refractivity contribution in [1.29, 1.82) is 0 Å². The minimum Gasteiger partial charge on any atom is -0.378 e. The number of ketones is 1. The van der Waals surface area contributed by atoms with Gasteiger partial charge in [0.1, 0.15) is 5.82 Å².